The summed E-state index contributed by atoms with van der Waals surface area (Å²) < 4.78 is 27.4. The van der Waals surface area contributed by atoms with Gasteiger partial charge in [0.15, 0.2) is 0 Å². The quantitative estimate of drug-likeness (QED) is 0.898. The molecule has 1 amide bonds. The Hall–Kier alpha value is -2.05. The van der Waals surface area contributed by atoms with Gasteiger partial charge in [0.1, 0.15) is 4.90 Å². The zero-order valence-corrected chi connectivity index (χ0v) is 13.6. The third kappa shape index (κ3) is 3.23. The van der Waals surface area contributed by atoms with Gasteiger partial charge in [-0.2, -0.15) is 0 Å². The Bertz CT molecular complexity index is 848. The molecule has 0 unspecified atom stereocenters. The molecule has 0 saturated heterocycles. The maximum Gasteiger partial charge on any atom is 0.263 e. The van der Waals surface area contributed by atoms with Crippen molar-refractivity contribution < 1.29 is 13.2 Å². The molecule has 3 N–H and O–H groups in total. The van der Waals surface area contributed by atoms with Crippen LogP contribution in [0, 0.1) is 13.8 Å². The van der Waals surface area contributed by atoms with Crippen molar-refractivity contribution in [2.24, 2.45) is 5.73 Å². The van der Waals surface area contributed by atoms with Gasteiger partial charge >= 0.3 is 0 Å². The van der Waals surface area contributed by atoms with E-state index in [-0.39, 0.29) is 21.2 Å². The molecular formula is C15H15ClN2O3S. The van der Waals surface area contributed by atoms with Crippen LogP contribution in [0.15, 0.2) is 41.3 Å². The number of carbonyl (C=O) groups is 1. The van der Waals surface area contributed by atoms with Gasteiger partial charge in [0.2, 0.25) is 0 Å². The number of anilines is 1. The number of hydrogen-bond donors (Lipinski definition) is 2. The van der Waals surface area contributed by atoms with Crippen LogP contribution in [0.25, 0.3) is 0 Å². The number of hydrogen-bond acceptors (Lipinski definition) is 3. The number of primary amides is 1. The highest BCUT2D eigenvalue weighted by molar-refractivity contribution is 7.92. The average molecular weight is 339 g/mol. The number of para-hydroxylation sites is 1. The van der Waals surface area contributed by atoms with E-state index in [0.717, 1.165) is 5.56 Å². The predicted octanol–water partition coefficient (Wildman–Crippen LogP) is 2.86. The van der Waals surface area contributed by atoms with Crippen LogP contribution in [-0.4, -0.2) is 14.3 Å². The fourth-order valence-corrected chi connectivity index (χ4v) is 3.77. The highest BCUT2D eigenvalue weighted by Crippen LogP contribution is 2.27. The number of amides is 1. The molecule has 0 aliphatic heterocycles. The first-order valence-corrected chi connectivity index (χ1v) is 8.27. The topological polar surface area (TPSA) is 89.3 Å². The van der Waals surface area contributed by atoms with Gasteiger partial charge in [-0.25, -0.2) is 8.42 Å². The molecule has 0 heterocycles. The number of aryl methyl sites for hydroxylation is 2. The third-order valence-electron chi connectivity index (χ3n) is 3.15. The van der Waals surface area contributed by atoms with Gasteiger partial charge in [-0.1, -0.05) is 29.8 Å². The average Bonchev–Trinajstić information content (AvgIpc) is 2.40. The van der Waals surface area contributed by atoms with E-state index in [1.54, 1.807) is 31.2 Å². The lowest BCUT2D eigenvalue weighted by Crippen LogP contribution is -2.19. The van der Waals surface area contributed by atoms with Gasteiger partial charge in [0, 0.05) is 0 Å². The standard InChI is InChI=1S/C15H15ClN2O3S/c1-9-6-7-13(12(16)8-9)22(20,21)18-14-10(2)4-3-5-11(14)15(17)19/h3-8,18H,1-2H3,(H2,17,19). The SMILES string of the molecule is Cc1ccc(S(=O)(=O)Nc2c(C)cccc2C(N)=O)c(Cl)c1. The van der Waals surface area contributed by atoms with E-state index in [2.05, 4.69) is 4.72 Å². The summed E-state index contributed by atoms with van der Waals surface area (Å²) in [5.74, 6) is -0.712. The maximum atomic E-state index is 12.5. The van der Waals surface area contributed by atoms with Crippen molar-refractivity contribution in [1.82, 2.24) is 0 Å². The molecule has 2 rings (SSSR count). The predicted molar refractivity (Wildman–Crippen MR) is 86.7 cm³/mol. The second kappa shape index (κ2) is 5.98. The number of nitrogens with two attached hydrogens (primary N) is 1. The molecule has 5 nitrogen and oxygen atoms in total. The summed E-state index contributed by atoms with van der Waals surface area (Å²) in [4.78, 5) is 11.4. The molecule has 0 aliphatic rings. The molecule has 0 saturated carbocycles. The molecule has 2 aromatic rings. The van der Waals surface area contributed by atoms with E-state index in [0.29, 0.717) is 5.56 Å². The molecule has 0 radical (unpaired) electrons. The molecule has 0 spiro atoms. The van der Waals surface area contributed by atoms with Crippen LogP contribution < -0.4 is 10.5 Å². The Morgan fingerprint density at radius 2 is 1.86 bits per heavy atom. The van der Waals surface area contributed by atoms with Crippen molar-refractivity contribution in [3.05, 3.63) is 58.1 Å². The maximum absolute atomic E-state index is 12.5. The van der Waals surface area contributed by atoms with E-state index >= 15 is 0 Å². The summed E-state index contributed by atoms with van der Waals surface area (Å²) in [6.07, 6.45) is 0. The van der Waals surface area contributed by atoms with Gasteiger partial charge in [-0.15, -0.1) is 0 Å². The summed E-state index contributed by atoms with van der Waals surface area (Å²) >= 11 is 6.01. The minimum absolute atomic E-state index is 0.0570. The normalized spacial score (nSPS) is 11.2. The van der Waals surface area contributed by atoms with Crippen LogP contribution in [0.3, 0.4) is 0 Å². The molecule has 0 fully saturated rings. The zero-order chi connectivity index (χ0) is 16.5. The van der Waals surface area contributed by atoms with Crippen molar-refractivity contribution in [2.45, 2.75) is 18.7 Å². The van der Waals surface area contributed by atoms with Crippen molar-refractivity contribution in [1.29, 1.82) is 0 Å². The van der Waals surface area contributed by atoms with E-state index in [9.17, 15) is 13.2 Å². The number of rotatable bonds is 4. The molecule has 0 bridgehead atoms. The van der Waals surface area contributed by atoms with E-state index in [1.165, 1.54) is 12.1 Å². The molecule has 2 aromatic carbocycles. The summed E-state index contributed by atoms with van der Waals surface area (Å²) in [6, 6.07) is 9.40. The number of sulfonamides is 1. The summed E-state index contributed by atoms with van der Waals surface area (Å²) in [6.45, 7) is 3.49. The minimum atomic E-state index is -3.93. The van der Waals surface area contributed by atoms with E-state index in [4.69, 9.17) is 17.3 Å². The molecule has 22 heavy (non-hydrogen) atoms. The third-order valence-corrected chi connectivity index (χ3v) is 4.98. The van der Waals surface area contributed by atoms with Crippen molar-refractivity contribution in [2.75, 3.05) is 4.72 Å². The summed E-state index contributed by atoms with van der Waals surface area (Å²) in [7, 11) is -3.93. The van der Waals surface area contributed by atoms with E-state index in [1.807, 2.05) is 6.92 Å². The Kier molecular flexibility index (Phi) is 4.44. The minimum Gasteiger partial charge on any atom is -0.366 e. The fourth-order valence-electron chi connectivity index (χ4n) is 2.02. The first kappa shape index (κ1) is 16.3. The van der Waals surface area contributed by atoms with Gasteiger partial charge in [0.25, 0.3) is 15.9 Å². The first-order valence-electron chi connectivity index (χ1n) is 6.41. The Labute approximate surface area is 134 Å². The van der Waals surface area contributed by atoms with Gasteiger partial charge in [-0.05, 0) is 43.2 Å². The largest absolute Gasteiger partial charge is 0.366 e. The van der Waals surface area contributed by atoms with Crippen LogP contribution in [0.2, 0.25) is 5.02 Å². The fraction of sp³-hybridized carbons (Fsp3) is 0.133. The molecule has 0 aromatic heterocycles. The van der Waals surface area contributed by atoms with Crippen LogP contribution in [0.4, 0.5) is 5.69 Å². The van der Waals surface area contributed by atoms with Crippen LogP contribution >= 0.6 is 11.6 Å². The number of halogens is 1. The van der Waals surface area contributed by atoms with E-state index < -0.39 is 15.9 Å². The second-order valence-corrected chi connectivity index (χ2v) is 6.96. The van der Waals surface area contributed by atoms with Crippen molar-refractivity contribution in [3.63, 3.8) is 0 Å². The van der Waals surface area contributed by atoms with Gasteiger partial charge in [-0.3, -0.25) is 9.52 Å². The smallest absolute Gasteiger partial charge is 0.263 e. The van der Waals surface area contributed by atoms with Crippen LogP contribution in [-0.2, 0) is 10.0 Å². The zero-order valence-electron chi connectivity index (χ0n) is 12.1. The highest BCUT2D eigenvalue weighted by atomic mass is 35.5. The first-order chi connectivity index (χ1) is 10.2. The molecular weight excluding hydrogens is 324 g/mol. The summed E-state index contributed by atoms with van der Waals surface area (Å²) in [5.41, 5.74) is 6.98. The lowest BCUT2D eigenvalue weighted by molar-refractivity contribution is 0.100. The van der Waals surface area contributed by atoms with Crippen molar-refractivity contribution >= 4 is 33.2 Å². The molecule has 0 atom stereocenters. The van der Waals surface area contributed by atoms with Crippen LogP contribution in [0.5, 0.6) is 0 Å². The summed E-state index contributed by atoms with van der Waals surface area (Å²) in [5, 5.41) is 0.113. The number of nitrogens with one attached hydrogen (secondary N) is 1. The Balaban J connectivity index is 2.52. The number of carbonyl (C=O) groups excluding carboxylic acids is 1. The molecule has 7 heteroatoms. The second-order valence-electron chi connectivity index (χ2n) is 4.90. The highest BCUT2D eigenvalue weighted by Gasteiger charge is 2.21. The van der Waals surface area contributed by atoms with Gasteiger partial charge < -0.3 is 5.73 Å². The molecule has 0 aliphatic carbocycles. The van der Waals surface area contributed by atoms with Crippen LogP contribution in [0.1, 0.15) is 21.5 Å². The monoisotopic (exact) mass is 338 g/mol. The Morgan fingerprint density at radius 1 is 1.18 bits per heavy atom. The van der Waals surface area contributed by atoms with Gasteiger partial charge in [0.05, 0.1) is 16.3 Å². The number of benzene rings is 2. The lowest BCUT2D eigenvalue weighted by Gasteiger charge is -2.14. The lowest BCUT2D eigenvalue weighted by atomic mass is 10.1. The Morgan fingerprint density at radius 3 is 2.45 bits per heavy atom. The van der Waals surface area contributed by atoms with Crippen molar-refractivity contribution in [3.8, 4) is 0 Å². The molecule has 116 valence electrons.